The van der Waals surface area contributed by atoms with Crippen LogP contribution in [0.15, 0.2) is 53.4 Å². The van der Waals surface area contributed by atoms with Crippen molar-refractivity contribution in [3.63, 3.8) is 0 Å². The topological polar surface area (TPSA) is 54.0 Å². The molecule has 0 bridgehead atoms. The lowest BCUT2D eigenvalue weighted by Gasteiger charge is -2.20. The van der Waals surface area contributed by atoms with Gasteiger partial charge < -0.3 is 5.32 Å². The van der Waals surface area contributed by atoms with Gasteiger partial charge in [-0.2, -0.15) is 0 Å². The highest BCUT2D eigenvalue weighted by Gasteiger charge is 2.36. The minimum atomic E-state index is -3.53. The maximum absolute atomic E-state index is 13.1. The zero-order valence-corrected chi connectivity index (χ0v) is 15.8. The monoisotopic (exact) mass is 359 g/mol. The van der Waals surface area contributed by atoms with Crippen LogP contribution >= 0.6 is 0 Å². The molecule has 3 rings (SSSR count). The Balaban J connectivity index is 2.03. The Hall–Kier alpha value is -1.85. The first-order valence-electron chi connectivity index (χ1n) is 9.07. The van der Waals surface area contributed by atoms with Gasteiger partial charge in [0, 0.05) is 18.2 Å². The molecule has 1 unspecified atom stereocenters. The second kappa shape index (κ2) is 7.58. The van der Waals surface area contributed by atoms with Crippen molar-refractivity contribution in [1.29, 1.82) is 0 Å². The zero-order chi connectivity index (χ0) is 17.9. The van der Waals surface area contributed by atoms with Gasteiger partial charge in [-0.05, 0) is 25.0 Å². The number of quaternary nitrogens is 1. The summed E-state index contributed by atoms with van der Waals surface area (Å²) < 4.78 is 27.5. The number of anilines is 1. The van der Waals surface area contributed by atoms with Crippen molar-refractivity contribution >= 4 is 15.7 Å². The minimum absolute atomic E-state index is 0.00810. The van der Waals surface area contributed by atoms with Crippen molar-refractivity contribution in [2.45, 2.75) is 43.5 Å². The lowest BCUT2D eigenvalue weighted by Crippen LogP contribution is -2.85. The van der Waals surface area contributed by atoms with Crippen LogP contribution in [0.5, 0.6) is 0 Å². The van der Waals surface area contributed by atoms with Gasteiger partial charge in [0.15, 0.2) is 0 Å². The number of rotatable bonds is 6. The van der Waals surface area contributed by atoms with Crippen molar-refractivity contribution in [2.75, 3.05) is 17.9 Å². The van der Waals surface area contributed by atoms with Crippen LogP contribution in [-0.4, -0.2) is 22.0 Å². The Morgan fingerprint density at radius 3 is 2.40 bits per heavy atom. The average molecular weight is 360 g/mol. The lowest BCUT2D eigenvalue weighted by atomic mass is 9.96. The van der Waals surface area contributed by atoms with Gasteiger partial charge in [0.05, 0.1) is 17.1 Å². The van der Waals surface area contributed by atoms with Gasteiger partial charge in [0.1, 0.15) is 6.04 Å². The quantitative estimate of drug-likeness (QED) is 0.806. The molecule has 0 saturated heterocycles. The number of benzene rings is 2. The van der Waals surface area contributed by atoms with Gasteiger partial charge in [-0.3, -0.25) is 4.31 Å². The molecule has 5 heteroatoms. The average Bonchev–Trinajstić information content (AvgIpc) is 2.70. The zero-order valence-electron chi connectivity index (χ0n) is 15.0. The molecule has 1 atom stereocenters. The number of hydrogen-bond acceptors (Lipinski definition) is 2. The summed E-state index contributed by atoms with van der Waals surface area (Å²) in [6, 6.07) is 15.3. The van der Waals surface area contributed by atoms with E-state index in [4.69, 9.17) is 0 Å². The number of nitrogens with two attached hydrogens (primary N) is 1. The standard InChI is InChI=1S/C20H26N2O2S/c1-3-4-5-10-15-21-20-16-11-6-8-13-18(16)22(2)25(23,24)19-14-9-7-12-17(19)20/h6-9,11-14,20-21H,3-5,10,15H2,1-2H3/p+1. The van der Waals surface area contributed by atoms with Gasteiger partial charge in [-0.1, -0.05) is 56.2 Å². The second-order valence-electron chi connectivity index (χ2n) is 6.63. The molecule has 0 spiro atoms. The molecule has 1 aliphatic rings. The lowest BCUT2D eigenvalue weighted by molar-refractivity contribution is -0.687. The molecule has 0 aliphatic carbocycles. The van der Waals surface area contributed by atoms with Gasteiger partial charge in [0.25, 0.3) is 10.0 Å². The maximum atomic E-state index is 13.1. The summed E-state index contributed by atoms with van der Waals surface area (Å²) in [5.41, 5.74) is 2.72. The van der Waals surface area contributed by atoms with Crippen molar-refractivity contribution < 1.29 is 13.7 Å². The van der Waals surface area contributed by atoms with Crippen molar-refractivity contribution in [1.82, 2.24) is 0 Å². The summed E-state index contributed by atoms with van der Waals surface area (Å²) in [4.78, 5) is 0.420. The number of unbranched alkanes of at least 4 members (excludes halogenated alkanes) is 3. The van der Waals surface area contributed by atoms with E-state index in [1.807, 2.05) is 30.3 Å². The molecular weight excluding hydrogens is 332 g/mol. The van der Waals surface area contributed by atoms with Gasteiger partial charge in [0.2, 0.25) is 0 Å². The van der Waals surface area contributed by atoms with E-state index in [1.165, 1.54) is 23.6 Å². The summed E-state index contributed by atoms with van der Waals surface area (Å²) in [5, 5.41) is 2.29. The molecule has 0 amide bonds. The Bertz CT molecular complexity index is 833. The summed E-state index contributed by atoms with van der Waals surface area (Å²) in [6.45, 7) is 3.21. The Kier molecular flexibility index (Phi) is 5.45. The summed E-state index contributed by atoms with van der Waals surface area (Å²) in [6.07, 6.45) is 4.85. The van der Waals surface area contributed by atoms with Gasteiger partial charge in [-0.15, -0.1) is 0 Å². The van der Waals surface area contributed by atoms with Crippen LogP contribution in [0.1, 0.15) is 49.8 Å². The first-order valence-corrected chi connectivity index (χ1v) is 10.5. The smallest absolute Gasteiger partial charge is 0.264 e. The van der Waals surface area contributed by atoms with E-state index in [0.29, 0.717) is 4.90 Å². The van der Waals surface area contributed by atoms with Crippen molar-refractivity contribution in [2.24, 2.45) is 0 Å². The molecule has 1 heterocycles. The SMILES string of the molecule is CCCCCC[NH2+]C1c2ccccc2N(C)S(=O)(=O)c2ccccc21. The molecule has 2 aromatic carbocycles. The molecule has 4 nitrogen and oxygen atoms in total. The third kappa shape index (κ3) is 3.44. The van der Waals surface area contributed by atoms with E-state index in [-0.39, 0.29) is 6.04 Å². The van der Waals surface area contributed by atoms with Crippen molar-refractivity contribution in [3.8, 4) is 0 Å². The number of hydrogen-bond donors (Lipinski definition) is 1. The minimum Gasteiger partial charge on any atom is -0.336 e. The molecule has 2 N–H and O–H groups in total. The van der Waals surface area contributed by atoms with Crippen LogP contribution in [0.4, 0.5) is 5.69 Å². The predicted octanol–water partition coefficient (Wildman–Crippen LogP) is 3.06. The Labute approximate surface area is 150 Å². The van der Waals surface area contributed by atoms with E-state index in [1.54, 1.807) is 19.2 Å². The molecular formula is C20H27N2O2S+. The third-order valence-electron chi connectivity index (χ3n) is 4.96. The Morgan fingerprint density at radius 2 is 1.64 bits per heavy atom. The second-order valence-corrected chi connectivity index (χ2v) is 8.57. The van der Waals surface area contributed by atoms with Gasteiger partial charge in [-0.25, -0.2) is 8.42 Å². The van der Waals surface area contributed by atoms with Crippen LogP contribution in [0, 0.1) is 0 Å². The van der Waals surface area contributed by atoms with Crippen LogP contribution in [0.3, 0.4) is 0 Å². The first-order chi connectivity index (χ1) is 12.1. The van der Waals surface area contributed by atoms with Crippen LogP contribution in [0.2, 0.25) is 0 Å². The maximum Gasteiger partial charge on any atom is 0.264 e. The fourth-order valence-corrected chi connectivity index (χ4v) is 5.03. The number of fused-ring (bicyclic) bond motifs is 2. The largest absolute Gasteiger partial charge is 0.336 e. The number of para-hydroxylation sites is 1. The van der Waals surface area contributed by atoms with Crippen LogP contribution < -0.4 is 9.62 Å². The highest BCUT2D eigenvalue weighted by atomic mass is 32.2. The highest BCUT2D eigenvalue weighted by Crippen LogP contribution is 2.37. The molecule has 0 radical (unpaired) electrons. The molecule has 0 saturated carbocycles. The van der Waals surface area contributed by atoms with E-state index in [2.05, 4.69) is 18.3 Å². The molecule has 0 fully saturated rings. The van der Waals surface area contributed by atoms with E-state index < -0.39 is 10.0 Å². The van der Waals surface area contributed by atoms with Crippen molar-refractivity contribution in [3.05, 3.63) is 59.7 Å². The summed E-state index contributed by atoms with van der Waals surface area (Å²) in [5.74, 6) is 0. The normalized spacial score (nSPS) is 18.3. The van der Waals surface area contributed by atoms with E-state index >= 15 is 0 Å². The molecule has 0 aromatic heterocycles. The third-order valence-corrected chi connectivity index (χ3v) is 6.81. The predicted molar refractivity (Wildman–Crippen MR) is 101 cm³/mol. The van der Waals surface area contributed by atoms with Crippen LogP contribution in [0.25, 0.3) is 0 Å². The highest BCUT2D eigenvalue weighted by molar-refractivity contribution is 7.92. The first kappa shape index (κ1) is 18.0. The Morgan fingerprint density at radius 1 is 0.960 bits per heavy atom. The number of nitrogens with zero attached hydrogens (tertiary/aromatic N) is 1. The van der Waals surface area contributed by atoms with Gasteiger partial charge >= 0.3 is 0 Å². The van der Waals surface area contributed by atoms with E-state index in [9.17, 15) is 8.42 Å². The van der Waals surface area contributed by atoms with Crippen LogP contribution in [-0.2, 0) is 10.0 Å². The number of sulfonamides is 1. The molecule has 134 valence electrons. The molecule has 25 heavy (non-hydrogen) atoms. The fourth-order valence-electron chi connectivity index (χ4n) is 3.56. The summed E-state index contributed by atoms with van der Waals surface area (Å²) in [7, 11) is -1.88. The summed E-state index contributed by atoms with van der Waals surface area (Å²) >= 11 is 0. The van der Waals surface area contributed by atoms with E-state index in [0.717, 1.165) is 29.8 Å². The fraction of sp³-hybridized carbons (Fsp3) is 0.400. The molecule has 1 aliphatic heterocycles. The molecule has 2 aromatic rings.